The minimum Gasteiger partial charge on any atom is -0.489 e. The first kappa shape index (κ1) is 14.0. The van der Waals surface area contributed by atoms with Gasteiger partial charge < -0.3 is 9.84 Å². The molecule has 1 N–H and O–H groups in total. The molecule has 0 amide bonds. The lowest BCUT2D eigenvalue weighted by molar-refractivity contribution is 0.173. The van der Waals surface area contributed by atoms with Gasteiger partial charge in [-0.2, -0.15) is 0 Å². The Labute approximate surface area is 121 Å². The molecular formula is C15H16BrNO2. The SMILES string of the molecule is CC[C@H](O)c1ccc(OCc2cncc(Br)c2)cc1. The molecule has 0 aliphatic rings. The summed E-state index contributed by atoms with van der Waals surface area (Å²) >= 11 is 3.38. The summed E-state index contributed by atoms with van der Waals surface area (Å²) < 4.78 is 6.61. The highest BCUT2D eigenvalue weighted by Crippen LogP contribution is 2.20. The summed E-state index contributed by atoms with van der Waals surface area (Å²) in [6, 6.07) is 9.51. The molecule has 1 aromatic heterocycles. The highest BCUT2D eigenvalue weighted by atomic mass is 79.9. The van der Waals surface area contributed by atoms with E-state index in [9.17, 15) is 5.11 Å². The van der Waals surface area contributed by atoms with Gasteiger partial charge in [-0.3, -0.25) is 4.98 Å². The zero-order valence-electron chi connectivity index (χ0n) is 10.7. The van der Waals surface area contributed by atoms with Crippen molar-refractivity contribution in [2.45, 2.75) is 26.1 Å². The summed E-state index contributed by atoms with van der Waals surface area (Å²) in [7, 11) is 0. The second-order valence-corrected chi connectivity index (χ2v) is 5.21. The molecule has 3 nitrogen and oxygen atoms in total. The minimum atomic E-state index is -0.400. The number of aliphatic hydroxyl groups excluding tert-OH is 1. The van der Waals surface area contributed by atoms with Crippen molar-refractivity contribution in [2.24, 2.45) is 0 Å². The molecule has 0 aliphatic carbocycles. The van der Waals surface area contributed by atoms with E-state index in [4.69, 9.17) is 4.74 Å². The molecule has 0 aliphatic heterocycles. The van der Waals surface area contributed by atoms with Crippen molar-refractivity contribution in [3.8, 4) is 5.75 Å². The summed E-state index contributed by atoms with van der Waals surface area (Å²) in [5.41, 5.74) is 1.92. The molecule has 19 heavy (non-hydrogen) atoms. The molecule has 2 aromatic rings. The van der Waals surface area contributed by atoms with Crippen LogP contribution in [-0.2, 0) is 6.61 Å². The zero-order valence-corrected chi connectivity index (χ0v) is 12.3. The number of aliphatic hydroxyl groups is 1. The molecular weight excluding hydrogens is 306 g/mol. The van der Waals surface area contributed by atoms with Crippen LogP contribution >= 0.6 is 15.9 Å². The maximum atomic E-state index is 9.70. The minimum absolute atomic E-state index is 0.400. The molecule has 100 valence electrons. The molecule has 1 heterocycles. The number of halogens is 1. The first-order chi connectivity index (χ1) is 9.19. The predicted octanol–water partition coefficient (Wildman–Crippen LogP) is 3.87. The van der Waals surface area contributed by atoms with Crippen molar-refractivity contribution in [3.63, 3.8) is 0 Å². The third kappa shape index (κ3) is 4.04. The van der Waals surface area contributed by atoms with Crippen LogP contribution in [0.25, 0.3) is 0 Å². The van der Waals surface area contributed by atoms with Crippen LogP contribution in [0, 0.1) is 0 Å². The third-order valence-corrected chi connectivity index (χ3v) is 3.25. The second kappa shape index (κ2) is 6.68. The van der Waals surface area contributed by atoms with Crippen LogP contribution in [-0.4, -0.2) is 10.1 Å². The number of hydrogen-bond acceptors (Lipinski definition) is 3. The maximum Gasteiger partial charge on any atom is 0.119 e. The fourth-order valence-corrected chi connectivity index (χ4v) is 2.14. The van der Waals surface area contributed by atoms with Gasteiger partial charge in [-0.1, -0.05) is 19.1 Å². The molecule has 0 spiro atoms. The van der Waals surface area contributed by atoms with E-state index < -0.39 is 6.10 Å². The maximum absolute atomic E-state index is 9.70. The van der Waals surface area contributed by atoms with Gasteiger partial charge in [0.05, 0.1) is 6.10 Å². The van der Waals surface area contributed by atoms with Crippen LogP contribution in [0.1, 0.15) is 30.6 Å². The van der Waals surface area contributed by atoms with Gasteiger partial charge in [0.25, 0.3) is 0 Å². The van der Waals surface area contributed by atoms with Crippen molar-refractivity contribution >= 4 is 15.9 Å². The van der Waals surface area contributed by atoms with Crippen LogP contribution in [0.4, 0.5) is 0 Å². The van der Waals surface area contributed by atoms with Crippen LogP contribution in [0.15, 0.2) is 47.2 Å². The van der Waals surface area contributed by atoms with Crippen molar-refractivity contribution in [1.82, 2.24) is 4.98 Å². The lowest BCUT2D eigenvalue weighted by Gasteiger charge is -2.10. The summed E-state index contributed by atoms with van der Waals surface area (Å²) in [5.74, 6) is 0.784. The van der Waals surface area contributed by atoms with Gasteiger partial charge in [-0.15, -0.1) is 0 Å². The fourth-order valence-electron chi connectivity index (χ4n) is 1.72. The Bertz CT molecular complexity index is 528. The lowest BCUT2D eigenvalue weighted by atomic mass is 10.1. The Kier molecular flexibility index (Phi) is 4.93. The number of aromatic nitrogens is 1. The van der Waals surface area contributed by atoms with E-state index in [0.29, 0.717) is 13.0 Å². The molecule has 4 heteroatoms. The van der Waals surface area contributed by atoms with Crippen LogP contribution in [0.5, 0.6) is 5.75 Å². The molecule has 0 unspecified atom stereocenters. The quantitative estimate of drug-likeness (QED) is 0.909. The summed E-state index contributed by atoms with van der Waals surface area (Å²) in [6.45, 7) is 2.43. The smallest absolute Gasteiger partial charge is 0.119 e. The number of nitrogens with zero attached hydrogens (tertiary/aromatic N) is 1. The molecule has 2 rings (SSSR count). The number of ether oxygens (including phenoxy) is 1. The summed E-state index contributed by atoms with van der Waals surface area (Å²) in [5, 5.41) is 9.70. The number of rotatable bonds is 5. The van der Waals surface area contributed by atoms with Crippen molar-refractivity contribution < 1.29 is 9.84 Å². The van der Waals surface area contributed by atoms with E-state index in [2.05, 4.69) is 20.9 Å². The van der Waals surface area contributed by atoms with E-state index in [-0.39, 0.29) is 0 Å². The molecule has 1 atom stereocenters. The predicted molar refractivity (Wildman–Crippen MR) is 78.0 cm³/mol. The molecule has 0 fully saturated rings. The molecule has 0 bridgehead atoms. The van der Waals surface area contributed by atoms with Crippen LogP contribution in [0.2, 0.25) is 0 Å². The van der Waals surface area contributed by atoms with E-state index in [0.717, 1.165) is 21.3 Å². The molecule has 0 saturated carbocycles. The molecule has 1 aromatic carbocycles. The first-order valence-electron chi connectivity index (χ1n) is 6.19. The van der Waals surface area contributed by atoms with Crippen molar-refractivity contribution in [1.29, 1.82) is 0 Å². The highest BCUT2D eigenvalue weighted by molar-refractivity contribution is 9.10. The third-order valence-electron chi connectivity index (χ3n) is 2.82. The molecule has 0 radical (unpaired) electrons. The van der Waals surface area contributed by atoms with Crippen LogP contribution in [0.3, 0.4) is 0 Å². The summed E-state index contributed by atoms with van der Waals surface area (Å²) in [4.78, 5) is 4.08. The summed E-state index contributed by atoms with van der Waals surface area (Å²) in [6.07, 6.45) is 3.83. The Balaban J connectivity index is 1.96. The first-order valence-corrected chi connectivity index (χ1v) is 6.98. The van der Waals surface area contributed by atoms with Gasteiger partial charge in [0.2, 0.25) is 0 Å². The van der Waals surface area contributed by atoms with E-state index in [1.165, 1.54) is 0 Å². The van der Waals surface area contributed by atoms with Crippen molar-refractivity contribution in [2.75, 3.05) is 0 Å². The average molecular weight is 322 g/mol. The second-order valence-electron chi connectivity index (χ2n) is 4.29. The zero-order chi connectivity index (χ0) is 13.7. The topological polar surface area (TPSA) is 42.4 Å². The largest absolute Gasteiger partial charge is 0.489 e. The van der Waals surface area contributed by atoms with E-state index in [1.807, 2.05) is 37.3 Å². The Morgan fingerprint density at radius 1 is 1.26 bits per heavy atom. The normalized spacial score (nSPS) is 12.2. The van der Waals surface area contributed by atoms with Gasteiger partial charge in [0.1, 0.15) is 12.4 Å². The molecule has 0 saturated heterocycles. The van der Waals surface area contributed by atoms with E-state index in [1.54, 1.807) is 12.4 Å². The van der Waals surface area contributed by atoms with Gasteiger partial charge in [-0.05, 0) is 46.1 Å². The average Bonchev–Trinajstić information content (AvgIpc) is 2.45. The monoisotopic (exact) mass is 321 g/mol. The Morgan fingerprint density at radius 2 is 2.00 bits per heavy atom. The Hall–Kier alpha value is -1.39. The van der Waals surface area contributed by atoms with Crippen molar-refractivity contribution in [3.05, 3.63) is 58.3 Å². The van der Waals surface area contributed by atoms with Gasteiger partial charge in [0, 0.05) is 22.4 Å². The highest BCUT2D eigenvalue weighted by Gasteiger charge is 2.04. The van der Waals surface area contributed by atoms with E-state index >= 15 is 0 Å². The lowest BCUT2D eigenvalue weighted by Crippen LogP contribution is -1.98. The van der Waals surface area contributed by atoms with Gasteiger partial charge >= 0.3 is 0 Å². The number of benzene rings is 1. The number of pyridine rings is 1. The van der Waals surface area contributed by atoms with Crippen LogP contribution < -0.4 is 4.74 Å². The number of hydrogen-bond donors (Lipinski definition) is 1. The Morgan fingerprint density at radius 3 is 2.63 bits per heavy atom. The standard InChI is InChI=1S/C15H16BrNO2/c1-2-15(18)12-3-5-14(6-4-12)19-10-11-7-13(16)9-17-8-11/h3-9,15,18H,2,10H2,1H3/t15-/m0/s1. The fraction of sp³-hybridized carbons (Fsp3) is 0.267. The van der Waals surface area contributed by atoms with Gasteiger partial charge in [0.15, 0.2) is 0 Å². The van der Waals surface area contributed by atoms with Gasteiger partial charge in [-0.25, -0.2) is 0 Å².